The van der Waals surface area contributed by atoms with Gasteiger partial charge in [-0.3, -0.25) is 4.79 Å². The summed E-state index contributed by atoms with van der Waals surface area (Å²) in [6.45, 7) is 9.83. The summed E-state index contributed by atoms with van der Waals surface area (Å²) in [5.41, 5.74) is 0.0466. The van der Waals surface area contributed by atoms with Crippen molar-refractivity contribution < 1.29 is 23.9 Å². The van der Waals surface area contributed by atoms with Crippen LogP contribution in [0.3, 0.4) is 0 Å². The molecule has 0 amide bonds. The van der Waals surface area contributed by atoms with E-state index in [4.69, 9.17) is 19.2 Å². The van der Waals surface area contributed by atoms with Crippen LogP contribution < -0.4 is 10.2 Å². The Bertz CT molecular complexity index is 542. The van der Waals surface area contributed by atoms with Crippen molar-refractivity contribution in [2.75, 3.05) is 0 Å². The number of nitrogens with zero attached hydrogens (tertiary/aromatic N) is 1. The van der Waals surface area contributed by atoms with Crippen molar-refractivity contribution in [1.82, 2.24) is 4.98 Å². The number of hydrogen-bond acceptors (Lipinski definition) is 5. The smallest absolute Gasteiger partial charge is 0.481 e. The van der Waals surface area contributed by atoms with Gasteiger partial charge in [-0.2, -0.15) is 0 Å². The van der Waals surface area contributed by atoms with Crippen LogP contribution in [0.2, 0.25) is 0 Å². The molecule has 1 atom stereocenters. The first kappa shape index (κ1) is 17.8. The van der Waals surface area contributed by atoms with E-state index in [1.54, 1.807) is 12.3 Å². The minimum absolute atomic E-state index is 0.0766. The van der Waals surface area contributed by atoms with Crippen molar-refractivity contribution in [2.45, 2.75) is 64.8 Å². The lowest BCUT2D eigenvalue weighted by atomic mass is 9.80. The molecule has 1 aromatic heterocycles. The maximum absolute atomic E-state index is 10.6. The molecule has 0 radical (unpaired) electrons. The molecule has 1 aliphatic heterocycles. The van der Waals surface area contributed by atoms with Crippen molar-refractivity contribution in [3.05, 3.63) is 18.3 Å². The van der Waals surface area contributed by atoms with Gasteiger partial charge in [0.15, 0.2) is 0 Å². The number of aliphatic carboxylic acids is 1. The lowest BCUT2D eigenvalue weighted by molar-refractivity contribution is -0.137. The van der Waals surface area contributed by atoms with Crippen molar-refractivity contribution in [3.8, 4) is 5.88 Å². The normalized spacial score (nSPS) is 20.3. The third-order valence-corrected chi connectivity index (χ3v) is 4.37. The van der Waals surface area contributed by atoms with Gasteiger partial charge in [0.2, 0.25) is 5.88 Å². The highest BCUT2D eigenvalue weighted by molar-refractivity contribution is 6.62. The van der Waals surface area contributed by atoms with Crippen molar-refractivity contribution in [3.63, 3.8) is 0 Å². The average Bonchev–Trinajstić information content (AvgIpc) is 2.66. The van der Waals surface area contributed by atoms with Gasteiger partial charge in [0.1, 0.15) is 0 Å². The molecule has 1 aromatic rings. The van der Waals surface area contributed by atoms with Gasteiger partial charge >= 0.3 is 13.1 Å². The van der Waals surface area contributed by atoms with Crippen LogP contribution in [0.4, 0.5) is 0 Å². The number of ether oxygens (including phenoxy) is 1. The minimum Gasteiger partial charge on any atom is -0.481 e. The van der Waals surface area contributed by atoms with Gasteiger partial charge in [0.25, 0.3) is 0 Å². The summed E-state index contributed by atoms with van der Waals surface area (Å²) in [7, 11) is -0.453. The summed E-state index contributed by atoms with van der Waals surface area (Å²) >= 11 is 0. The quantitative estimate of drug-likeness (QED) is 0.808. The molecule has 0 spiro atoms. The third kappa shape index (κ3) is 4.23. The number of carboxylic acid groups (broad SMARTS) is 1. The zero-order valence-corrected chi connectivity index (χ0v) is 14.3. The second kappa shape index (κ2) is 6.49. The second-order valence-corrected chi connectivity index (χ2v) is 6.88. The van der Waals surface area contributed by atoms with Gasteiger partial charge in [-0.25, -0.2) is 4.98 Å². The van der Waals surface area contributed by atoms with Gasteiger partial charge < -0.3 is 19.2 Å². The summed E-state index contributed by atoms with van der Waals surface area (Å²) in [5.74, 6) is -0.368. The van der Waals surface area contributed by atoms with Crippen LogP contribution in [-0.4, -0.2) is 40.5 Å². The summed E-state index contributed by atoms with van der Waals surface area (Å²) in [4.78, 5) is 14.8. The molecule has 2 heterocycles. The van der Waals surface area contributed by atoms with Crippen molar-refractivity contribution in [1.29, 1.82) is 0 Å². The molecule has 1 unspecified atom stereocenters. The Balaban J connectivity index is 1.97. The molecule has 2 rings (SSSR count). The van der Waals surface area contributed by atoms with E-state index in [0.717, 1.165) is 5.46 Å². The van der Waals surface area contributed by atoms with Gasteiger partial charge in [0.05, 0.1) is 17.3 Å². The van der Waals surface area contributed by atoms with E-state index in [-0.39, 0.29) is 12.5 Å². The number of rotatable bonds is 6. The molecule has 7 heteroatoms. The van der Waals surface area contributed by atoms with Crippen LogP contribution >= 0.6 is 0 Å². The topological polar surface area (TPSA) is 77.9 Å². The lowest BCUT2D eigenvalue weighted by Crippen LogP contribution is -2.41. The molecule has 23 heavy (non-hydrogen) atoms. The first-order valence-corrected chi connectivity index (χ1v) is 7.81. The molecule has 126 valence electrons. The molecular formula is C16H24BNO5. The monoisotopic (exact) mass is 321 g/mol. The largest absolute Gasteiger partial charge is 0.496 e. The van der Waals surface area contributed by atoms with Crippen LogP contribution in [0.1, 0.15) is 47.5 Å². The van der Waals surface area contributed by atoms with E-state index in [2.05, 4.69) is 4.98 Å². The first-order valence-electron chi connectivity index (χ1n) is 7.81. The fraction of sp³-hybridized carbons (Fsp3) is 0.625. The molecule has 0 aromatic carbocycles. The number of carboxylic acids is 1. The molecule has 0 bridgehead atoms. The molecular weight excluding hydrogens is 297 g/mol. The number of aromatic nitrogens is 1. The fourth-order valence-corrected chi connectivity index (χ4v) is 2.17. The molecule has 0 saturated carbocycles. The maximum Gasteiger partial charge on any atom is 0.496 e. The lowest BCUT2D eigenvalue weighted by Gasteiger charge is -2.32. The Labute approximate surface area is 137 Å². The van der Waals surface area contributed by atoms with Crippen LogP contribution in [0.15, 0.2) is 18.3 Å². The summed E-state index contributed by atoms with van der Waals surface area (Å²) in [6, 6.07) is 3.60. The van der Waals surface area contributed by atoms with E-state index >= 15 is 0 Å². The van der Waals surface area contributed by atoms with Gasteiger partial charge in [-0.15, -0.1) is 0 Å². The third-order valence-electron chi connectivity index (χ3n) is 4.37. The van der Waals surface area contributed by atoms with Gasteiger partial charge in [-0.1, -0.05) is 6.07 Å². The van der Waals surface area contributed by atoms with Gasteiger partial charge in [0, 0.05) is 18.1 Å². The first-order chi connectivity index (χ1) is 10.6. The highest BCUT2D eigenvalue weighted by Crippen LogP contribution is 2.36. The number of carbonyl (C=O) groups is 1. The van der Waals surface area contributed by atoms with E-state index in [9.17, 15) is 4.79 Å². The van der Waals surface area contributed by atoms with E-state index in [1.165, 1.54) is 0 Å². The second-order valence-electron chi connectivity index (χ2n) is 6.88. The molecule has 1 N–H and O–H groups in total. The minimum atomic E-state index is -0.829. The predicted molar refractivity (Wildman–Crippen MR) is 86.9 cm³/mol. The standard InChI is InChI=1S/C16H24BNO5/c1-11(6-9-14(19)20)21-13-8-7-12(10-18-13)17-22-15(2,3)16(4,5)23-17/h7-8,10-11H,6,9H2,1-5H3,(H,19,20). The molecule has 1 saturated heterocycles. The highest BCUT2D eigenvalue weighted by atomic mass is 16.7. The van der Waals surface area contributed by atoms with Crippen LogP contribution in [0.25, 0.3) is 0 Å². The Morgan fingerprint density at radius 3 is 2.39 bits per heavy atom. The van der Waals surface area contributed by atoms with Crippen LogP contribution in [0, 0.1) is 0 Å². The molecule has 1 aliphatic rings. The van der Waals surface area contributed by atoms with E-state index in [0.29, 0.717) is 12.3 Å². The Kier molecular flexibility index (Phi) is 5.01. The van der Waals surface area contributed by atoms with Crippen molar-refractivity contribution >= 4 is 18.6 Å². The average molecular weight is 321 g/mol. The van der Waals surface area contributed by atoms with Gasteiger partial charge in [-0.05, 0) is 47.1 Å². The molecule has 1 fully saturated rings. The number of pyridine rings is 1. The Hall–Kier alpha value is -1.60. The maximum atomic E-state index is 10.6. The summed E-state index contributed by atoms with van der Waals surface area (Å²) in [5, 5.41) is 8.67. The summed E-state index contributed by atoms with van der Waals surface area (Å²) in [6.07, 6.45) is 1.98. The fourth-order valence-electron chi connectivity index (χ4n) is 2.17. The predicted octanol–water partition coefficient (Wildman–Crippen LogP) is 2.01. The van der Waals surface area contributed by atoms with Crippen molar-refractivity contribution in [2.24, 2.45) is 0 Å². The Morgan fingerprint density at radius 1 is 1.30 bits per heavy atom. The molecule has 0 aliphatic carbocycles. The number of hydrogen-bond donors (Lipinski definition) is 1. The SMILES string of the molecule is CC(CCC(=O)O)Oc1ccc(B2OC(C)(C)C(C)(C)O2)cn1. The highest BCUT2D eigenvalue weighted by Gasteiger charge is 2.51. The molecule has 6 nitrogen and oxygen atoms in total. The zero-order chi connectivity index (χ0) is 17.3. The van der Waals surface area contributed by atoms with Crippen LogP contribution in [0.5, 0.6) is 5.88 Å². The summed E-state index contributed by atoms with van der Waals surface area (Å²) < 4.78 is 17.5. The zero-order valence-electron chi connectivity index (χ0n) is 14.3. The Morgan fingerprint density at radius 2 is 1.91 bits per heavy atom. The van der Waals surface area contributed by atoms with E-state index in [1.807, 2.05) is 40.7 Å². The van der Waals surface area contributed by atoms with Crippen LogP contribution in [-0.2, 0) is 14.1 Å². The van der Waals surface area contributed by atoms with E-state index < -0.39 is 24.3 Å².